The number of halogens is 1. The van der Waals surface area contributed by atoms with Crippen LogP contribution in [0.25, 0.3) is 11.0 Å². The average molecular weight is 630 g/mol. The summed E-state index contributed by atoms with van der Waals surface area (Å²) in [5.41, 5.74) is 1.97. The van der Waals surface area contributed by atoms with E-state index in [1.807, 2.05) is 54.7 Å². The summed E-state index contributed by atoms with van der Waals surface area (Å²) >= 11 is 5.72. The molecule has 8 nitrogen and oxygen atoms in total. The van der Waals surface area contributed by atoms with E-state index in [4.69, 9.17) is 24.7 Å². The van der Waals surface area contributed by atoms with Gasteiger partial charge in [0.05, 0.1) is 0 Å². The second-order valence-electron chi connectivity index (χ2n) is 10.9. The van der Waals surface area contributed by atoms with Gasteiger partial charge in [0.1, 0.15) is 17.1 Å². The number of hydrogen-bond acceptors (Lipinski definition) is 7. The number of nitrogens with zero attached hydrogens (tertiary/aromatic N) is 2. The molecule has 2 aromatic heterocycles. The highest BCUT2D eigenvalue weighted by Gasteiger charge is 2.43. The van der Waals surface area contributed by atoms with Crippen molar-refractivity contribution < 1.29 is 22.8 Å². The van der Waals surface area contributed by atoms with Crippen LogP contribution >= 0.6 is 18.2 Å². The SMILES string of the molecule is O=C(NC1C2CCN(CC2)C1Cc1cccnc1)c1cc2ccccc2o1.O=P(Cl)(Oc1ccccc1)Oc1ccccc1. The number of nitrogens with one attached hydrogen (secondary N) is 1. The van der Waals surface area contributed by atoms with E-state index >= 15 is 0 Å². The second kappa shape index (κ2) is 13.7. The number of pyridine rings is 1. The highest BCUT2D eigenvalue weighted by molar-refractivity contribution is 7.82. The summed E-state index contributed by atoms with van der Waals surface area (Å²) in [7, 11) is 0. The van der Waals surface area contributed by atoms with E-state index in [2.05, 4.69) is 21.3 Å². The minimum atomic E-state index is -3.66. The normalized spacial score (nSPS) is 20.8. The highest BCUT2D eigenvalue weighted by Crippen LogP contribution is 2.53. The molecule has 3 aliphatic heterocycles. The molecule has 8 rings (SSSR count). The highest BCUT2D eigenvalue weighted by atomic mass is 35.7. The van der Waals surface area contributed by atoms with Gasteiger partial charge < -0.3 is 18.8 Å². The number of piperidine rings is 3. The fourth-order valence-electron chi connectivity index (χ4n) is 5.93. The van der Waals surface area contributed by atoms with Gasteiger partial charge in [-0.1, -0.05) is 60.7 Å². The number of aromatic nitrogens is 1. The predicted octanol–water partition coefficient (Wildman–Crippen LogP) is 7.75. The first-order valence-corrected chi connectivity index (χ1v) is 17.1. The number of para-hydroxylation sites is 3. The Morgan fingerprint density at radius 3 is 2.16 bits per heavy atom. The van der Waals surface area contributed by atoms with Crippen LogP contribution in [0.4, 0.5) is 0 Å². The monoisotopic (exact) mass is 629 g/mol. The second-order valence-corrected chi connectivity index (χ2v) is 13.4. The van der Waals surface area contributed by atoms with Crippen LogP contribution in [0.1, 0.15) is 29.0 Å². The van der Waals surface area contributed by atoms with E-state index in [0.717, 1.165) is 43.3 Å². The number of furan rings is 1. The van der Waals surface area contributed by atoms with Gasteiger partial charge in [-0.05, 0) is 86.3 Å². The van der Waals surface area contributed by atoms with E-state index in [1.165, 1.54) is 5.56 Å². The van der Waals surface area contributed by atoms with Gasteiger partial charge in [-0.15, -0.1) is 0 Å². The Kier molecular flexibility index (Phi) is 9.31. The quantitative estimate of drug-likeness (QED) is 0.175. The maximum Gasteiger partial charge on any atom is 0.530 e. The molecule has 5 heterocycles. The molecule has 2 bridgehead atoms. The first-order chi connectivity index (χ1) is 21.4. The summed E-state index contributed by atoms with van der Waals surface area (Å²) in [4.78, 5) is 19.7. The van der Waals surface area contributed by atoms with Crippen LogP contribution in [0.15, 0.2) is 120 Å². The molecule has 226 valence electrons. The minimum absolute atomic E-state index is 0.110. The molecule has 3 saturated heterocycles. The lowest BCUT2D eigenvalue weighted by molar-refractivity contribution is 0.0131. The number of carbonyl (C=O) groups is 1. The largest absolute Gasteiger partial charge is 0.530 e. The molecule has 1 amide bonds. The fourth-order valence-corrected chi connectivity index (χ4v) is 7.19. The summed E-state index contributed by atoms with van der Waals surface area (Å²) in [5.74, 6) is 1.63. The molecule has 0 saturated carbocycles. The van der Waals surface area contributed by atoms with Crippen molar-refractivity contribution in [1.29, 1.82) is 0 Å². The van der Waals surface area contributed by atoms with Crippen molar-refractivity contribution in [1.82, 2.24) is 15.2 Å². The average Bonchev–Trinajstić information content (AvgIpc) is 3.49. The van der Waals surface area contributed by atoms with Gasteiger partial charge in [-0.25, -0.2) is 4.57 Å². The predicted molar refractivity (Wildman–Crippen MR) is 171 cm³/mol. The molecular formula is C34H33ClN3O5P. The van der Waals surface area contributed by atoms with Gasteiger partial charge in [0.2, 0.25) is 0 Å². The summed E-state index contributed by atoms with van der Waals surface area (Å²) in [5, 5.41) is 4.26. The topological polar surface area (TPSA) is 93.9 Å². The van der Waals surface area contributed by atoms with Gasteiger partial charge in [0.15, 0.2) is 5.76 Å². The molecule has 1 N–H and O–H groups in total. The van der Waals surface area contributed by atoms with E-state index in [0.29, 0.717) is 29.2 Å². The van der Waals surface area contributed by atoms with Gasteiger partial charge >= 0.3 is 6.95 Å². The Labute approximate surface area is 261 Å². The summed E-state index contributed by atoms with van der Waals surface area (Å²) in [6.45, 7) is -1.43. The molecule has 5 aromatic rings. The van der Waals surface area contributed by atoms with Gasteiger partial charge in [0, 0.05) is 41.1 Å². The Hall–Kier alpha value is -4.10. The molecule has 44 heavy (non-hydrogen) atoms. The number of amides is 1. The fraction of sp³-hybridized carbons (Fsp3) is 0.235. The van der Waals surface area contributed by atoms with E-state index < -0.39 is 6.95 Å². The van der Waals surface area contributed by atoms with Crippen molar-refractivity contribution in [3.05, 3.63) is 127 Å². The van der Waals surface area contributed by atoms with Crippen LogP contribution in [0.5, 0.6) is 11.5 Å². The number of rotatable bonds is 8. The van der Waals surface area contributed by atoms with E-state index in [9.17, 15) is 9.36 Å². The van der Waals surface area contributed by atoms with Crippen LogP contribution in [0.3, 0.4) is 0 Å². The van der Waals surface area contributed by atoms with Crippen LogP contribution < -0.4 is 14.4 Å². The Bertz CT molecular complexity index is 1630. The number of fused-ring (bicyclic) bond motifs is 4. The third kappa shape index (κ3) is 7.51. The third-order valence-electron chi connectivity index (χ3n) is 8.00. The van der Waals surface area contributed by atoms with Crippen LogP contribution in [-0.2, 0) is 11.0 Å². The summed E-state index contributed by atoms with van der Waals surface area (Å²) < 4.78 is 27.9. The Balaban J connectivity index is 0.000000174. The van der Waals surface area contributed by atoms with E-state index in [1.54, 1.807) is 54.7 Å². The Morgan fingerprint density at radius 1 is 0.909 bits per heavy atom. The zero-order valence-electron chi connectivity index (χ0n) is 24.0. The number of benzene rings is 3. The maximum absolute atomic E-state index is 12.9. The van der Waals surface area contributed by atoms with Crippen molar-refractivity contribution >= 4 is 35.1 Å². The summed E-state index contributed by atoms with van der Waals surface area (Å²) in [6.07, 6.45) is 6.94. The van der Waals surface area contributed by atoms with Crippen molar-refractivity contribution in [3.63, 3.8) is 0 Å². The molecular weight excluding hydrogens is 597 g/mol. The molecule has 3 aliphatic rings. The molecule has 2 unspecified atom stereocenters. The van der Waals surface area contributed by atoms with Crippen molar-refractivity contribution in [3.8, 4) is 11.5 Å². The van der Waals surface area contributed by atoms with E-state index in [-0.39, 0.29) is 11.9 Å². The molecule has 10 heteroatoms. The first-order valence-electron chi connectivity index (χ1n) is 14.6. The van der Waals surface area contributed by atoms with Crippen LogP contribution in [0.2, 0.25) is 0 Å². The molecule has 0 aliphatic carbocycles. The zero-order valence-corrected chi connectivity index (χ0v) is 25.6. The minimum Gasteiger partial charge on any atom is -0.451 e. The molecule has 0 spiro atoms. The van der Waals surface area contributed by atoms with Gasteiger partial charge in [-0.3, -0.25) is 14.7 Å². The molecule has 2 atom stereocenters. The Morgan fingerprint density at radius 2 is 1.55 bits per heavy atom. The standard InChI is InChI=1S/C22H23N3O2.C12H10ClO3P/c26-22(20-13-17-5-1-2-6-19(17)27-20)24-21-16-7-10-25(11-8-16)18(21)12-15-4-3-9-23-14-15;13-17(14,15-11-7-3-1-4-8-11)16-12-9-5-2-6-10-12/h1-6,9,13-14,16,18,21H,7-8,10-12H2,(H,24,26);1-10H. The molecule has 0 radical (unpaired) electrons. The first kappa shape index (κ1) is 29.9. The van der Waals surface area contributed by atoms with Crippen LogP contribution in [0, 0.1) is 5.92 Å². The number of carbonyl (C=O) groups excluding carboxylic acids is 1. The maximum atomic E-state index is 12.9. The van der Waals surface area contributed by atoms with Crippen molar-refractivity contribution in [2.45, 2.75) is 31.3 Å². The zero-order chi connectivity index (χ0) is 30.4. The lowest BCUT2D eigenvalue weighted by Crippen LogP contribution is -2.64. The van der Waals surface area contributed by atoms with Crippen LogP contribution in [-0.4, -0.2) is 41.0 Å². The molecule has 3 aromatic carbocycles. The van der Waals surface area contributed by atoms with Gasteiger partial charge in [0.25, 0.3) is 5.91 Å². The lowest BCUT2D eigenvalue weighted by atomic mass is 9.76. The van der Waals surface area contributed by atoms with Crippen molar-refractivity contribution in [2.75, 3.05) is 13.1 Å². The lowest BCUT2D eigenvalue weighted by Gasteiger charge is -2.51. The van der Waals surface area contributed by atoms with Gasteiger partial charge in [-0.2, -0.15) is 0 Å². The summed E-state index contributed by atoms with van der Waals surface area (Å²) in [6, 6.07) is 31.4. The smallest absolute Gasteiger partial charge is 0.451 e. The number of hydrogen-bond donors (Lipinski definition) is 1. The third-order valence-corrected chi connectivity index (χ3v) is 9.27. The molecule has 3 fully saturated rings. The van der Waals surface area contributed by atoms with Crippen molar-refractivity contribution in [2.24, 2.45) is 5.92 Å².